The maximum atomic E-state index is 14.6. The van der Waals surface area contributed by atoms with Crippen molar-refractivity contribution in [2.45, 2.75) is 83.7 Å². The number of aliphatic hydroxyl groups is 1. The number of hydrogen-bond donors (Lipinski definition) is 1. The van der Waals surface area contributed by atoms with E-state index < -0.39 is 35.1 Å². The fourth-order valence-corrected chi connectivity index (χ4v) is 7.55. The minimum Gasteiger partial charge on any atom is -0.494 e. The van der Waals surface area contributed by atoms with E-state index >= 15 is 0 Å². The molecule has 1 N–H and O–H groups in total. The van der Waals surface area contributed by atoms with Gasteiger partial charge in [-0.1, -0.05) is 51.5 Å². The first-order chi connectivity index (χ1) is 20.0. The molecule has 2 unspecified atom stereocenters. The first-order valence-corrected chi connectivity index (χ1v) is 15.4. The summed E-state index contributed by atoms with van der Waals surface area (Å²) in [5.41, 5.74) is -1.76. The highest BCUT2D eigenvalue weighted by molar-refractivity contribution is 6.04. The molecule has 7 atom stereocenters. The standard InChI is InChI=1S/C33H45N3O6/c1-7-11-22(5)34-18-10-17-33-27(30(39)36(28(33)31(34)40)25(20-37)21(3)4)26-29(38)35(19-9-16-32(26,6)42-33)23-12-14-24(15-13-23)41-8-2/h9-10,12-17,21-22,25-28,37H,7-8,11,18-20H2,1-6H3/t22?,25-,26+,27-,28?,32-,33-/m0/s1. The van der Waals surface area contributed by atoms with Gasteiger partial charge < -0.3 is 29.3 Å². The Bertz CT molecular complexity index is 1260. The zero-order valence-electron chi connectivity index (χ0n) is 25.7. The lowest BCUT2D eigenvalue weighted by Crippen LogP contribution is -2.60. The molecule has 42 heavy (non-hydrogen) atoms. The second-order valence-corrected chi connectivity index (χ2v) is 12.5. The lowest BCUT2D eigenvalue weighted by atomic mass is 9.74. The number of nitrogens with zero attached hydrogens (tertiary/aromatic N) is 3. The Morgan fingerprint density at radius 3 is 2.29 bits per heavy atom. The third kappa shape index (κ3) is 4.65. The lowest BCUT2D eigenvalue weighted by Gasteiger charge is -2.42. The summed E-state index contributed by atoms with van der Waals surface area (Å²) in [6.07, 6.45) is 9.32. The molecule has 4 aliphatic heterocycles. The minimum atomic E-state index is -1.35. The van der Waals surface area contributed by atoms with Crippen molar-refractivity contribution in [1.82, 2.24) is 9.80 Å². The molecule has 1 aromatic rings. The zero-order valence-corrected chi connectivity index (χ0v) is 25.7. The molecule has 1 spiro atoms. The molecule has 0 aromatic heterocycles. The third-order valence-electron chi connectivity index (χ3n) is 9.54. The van der Waals surface area contributed by atoms with Crippen LogP contribution in [0.25, 0.3) is 0 Å². The van der Waals surface area contributed by atoms with Gasteiger partial charge in [0.15, 0.2) is 0 Å². The van der Waals surface area contributed by atoms with Crippen LogP contribution in [0.4, 0.5) is 5.69 Å². The molecule has 0 saturated carbocycles. The van der Waals surface area contributed by atoms with Gasteiger partial charge in [-0.25, -0.2) is 0 Å². The molecule has 9 heteroatoms. The minimum absolute atomic E-state index is 0.0379. The van der Waals surface area contributed by atoms with Crippen molar-refractivity contribution in [2.75, 3.05) is 31.2 Å². The summed E-state index contributed by atoms with van der Waals surface area (Å²) < 4.78 is 12.5. The van der Waals surface area contributed by atoms with Gasteiger partial charge in [-0.05, 0) is 57.4 Å². The number of benzene rings is 1. The number of anilines is 1. The van der Waals surface area contributed by atoms with Crippen LogP contribution in [0.2, 0.25) is 0 Å². The number of aliphatic hydroxyl groups excluding tert-OH is 1. The van der Waals surface area contributed by atoms with Crippen molar-refractivity contribution in [2.24, 2.45) is 17.8 Å². The molecule has 3 amide bonds. The first kappa shape index (κ1) is 30.3. The highest BCUT2D eigenvalue weighted by Crippen LogP contribution is 2.58. The van der Waals surface area contributed by atoms with E-state index in [2.05, 4.69) is 6.92 Å². The Balaban J connectivity index is 1.62. The van der Waals surface area contributed by atoms with Crippen LogP contribution in [0.5, 0.6) is 5.75 Å². The molecule has 4 heterocycles. The third-order valence-corrected chi connectivity index (χ3v) is 9.54. The van der Waals surface area contributed by atoms with Crippen molar-refractivity contribution in [1.29, 1.82) is 0 Å². The smallest absolute Gasteiger partial charge is 0.249 e. The molecule has 4 aliphatic rings. The number of amides is 3. The van der Waals surface area contributed by atoms with Crippen LogP contribution in [-0.4, -0.2) is 88.3 Å². The molecular weight excluding hydrogens is 534 g/mol. The molecule has 0 radical (unpaired) electrons. The fourth-order valence-electron chi connectivity index (χ4n) is 7.55. The topological polar surface area (TPSA) is 99.6 Å². The number of hydrogen-bond acceptors (Lipinski definition) is 6. The molecule has 0 aliphatic carbocycles. The summed E-state index contributed by atoms with van der Waals surface area (Å²) in [4.78, 5) is 48.8. The van der Waals surface area contributed by atoms with Crippen molar-refractivity contribution in [3.63, 3.8) is 0 Å². The number of likely N-dealkylation sites (tertiary alicyclic amines) is 1. The summed E-state index contributed by atoms with van der Waals surface area (Å²) in [7, 11) is 0. The molecule has 2 fully saturated rings. The van der Waals surface area contributed by atoms with E-state index in [4.69, 9.17) is 9.47 Å². The van der Waals surface area contributed by atoms with E-state index in [0.29, 0.717) is 31.1 Å². The Labute approximate surface area is 249 Å². The average molecular weight is 580 g/mol. The van der Waals surface area contributed by atoms with Crippen LogP contribution in [0.3, 0.4) is 0 Å². The van der Waals surface area contributed by atoms with Gasteiger partial charge in [0.05, 0.1) is 36.7 Å². The van der Waals surface area contributed by atoms with Crippen LogP contribution in [0, 0.1) is 17.8 Å². The van der Waals surface area contributed by atoms with Crippen molar-refractivity contribution < 1.29 is 29.0 Å². The lowest BCUT2D eigenvalue weighted by molar-refractivity contribution is -0.156. The second kappa shape index (κ2) is 11.5. The highest BCUT2D eigenvalue weighted by atomic mass is 16.5. The number of rotatable bonds is 9. The van der Waals surface area contributed by atoms with E-state index in [9.17, 15) is 19.5 Å². The van der Waals surface area contributed by atoms with E-state index in [0.717, 1.165) is 12.8 Å². The molecule has 2 saturated heterocycles. The van der Waals surface area contributed by atoms with Crippen LogP contribution in [0.1, 0.15) is 54.4 Å². The van der Waals surface area contributed by atoms with Gasteiger partial charge in [-0.15, -0.1) is 0 Å². The molecular formula is C33H45N3O6. The van der Waals surface area contributed by atoms with Crippen LogP contribution >= 0.6 is 0 Å². The largest absolute Gasteiger partial charge is 0.494 e. The van der Waals surface area contributed by atoms with Gasteiger partial charge in [0.1, 0.15) is 17.4 Å². The molecule has 5 rings (SSSR count). The average Bonchev–Trinajstić information content (AvgIpc) is 3.21. The van der Waals surface area contributed by atoms with Gasteiger partial charge >= 0.3 is 0 Å². The van der Waals surface area contributed by atoms with Crippen molar-refractivity contribution in [3.05, 3.63) is 48.6 Å². The summed E-state index contributed by atoms with van der Waals surface area (Å²) in [5, 5.41) is 10.5. The van der Waals surface area contributed by atoms with Gasteiger partial charge in [0.2, 0.25) is 17.7 Å². The molecule has 0 bridgehead atoms. The van der Waals surface area contributed by atoms with E-state index in [1.807, 2.05) is 88.1 Å². The van der Waals surface area contributed by atoms with E-state index in [1.165, 1.54) is 0 Å². The number of ether oxygens (including phenoxy) is 2. The predicted octanol–water partition coefficient (Wildman–Crippen LogP) is 3.56. The van der Waals surface area contributed by atoms with E-state index in [-0.39, 0.29) is 36.3 Å². The second-order valence-electron chi connectivity index (χ2n) is 12.5. The summed E-state index contributed by atoms with van der Waals surface area (Å²) in [5.74, 6) is -1.95. The van der Waals surface area contributed by atoms with Crippen molar-refractivity contribution >= 4 is 23.4 Å². The normalized spacial score (nSPS) is 32.0. The summed E-state index contributed by atoms with van der Waals surface area (Å²) >= 11 is 0. The van der Waals surface area contributed by atoms with Crippen LogP contribution in [0.15, 0.2) is 48.6 Å². The van der Waals surface area contributed by atoms with Gasteiger partial charge in [-0.3, -0.25) is 14.4 Å². The zero-order chi connectivity index (χ0) is 30.4. The Morgan fingerprint density at radius 1 is 0.976 bits per heavy atom. The summed E-state index contributed by atoms with van der Waals surface area (Å²) in [6, 6.07) is 5.73. The highest BCUT2D eigenvalue weighted by Gasteiger charge is 2.75. The number of carbonyl (C=O) groups is 3. The molecule has 1 aromatic carbocycles. The monoisotopic (exact) mass is 579 g/mol. The predicted molar refractivity (Wildman–Crippen MR) is 160 cm³/mol. The molecule has 9 nitrogen and oxygen atoms in total. The first-order valence-electron chi connectivity index (χ1n) is 15.4. The van der Waals surface area contributed by atoms with Crippen LogP contribution < -0.4 is 9.64 Å². The molecule has 228 valence electrons. The Kier molecular flexibility index (Phi) is 8.29. The summed E-state index contributed by atoms with van der Waals surface area (Å²) in [6.45, 7) is 12.7. The van der Waals surface area contributed by atoms with Crippen LogP contribution in [-0.2, 0) is 19.1 Å². The Morgan fingerprint density at radius 2 is 1.67 bits per heavy atom. The number of carbonyl (C=O) groups excluding carboxylic acids is 3. The van der Waals surface area contributed by atoms with Gasteiger partial charge in [-0.2, -0.15) is 0 Å². The SMILES string of the molecule is CCCC(C)N1CC=C[C@]23O[C@@]4(C)C=CCN(c5ccc(OCC)cc5)C(=O)[C@H]4[C@H]2C(=O)N([C@@H](CO)C(C)C)C3C1=O. The number of fused-ring (bicyclic) bond motifs is 2. The quantitative estimate of drug-likeness (QED) is 0.449. The maximum absolute atomic E-state index is 14.6. The fraction of sp³-hybridized carbons (Fsp3) is 0.606. The van der Waals surface area contributed by atoms with E-state index in [1.54, 1.807) is 9.80 Å². The van der Waals surface area contributed by atoms with Gasteiger partial charge in [0, 0.05) is 24.8 Å². The van der Waals surface area contributed by atoms with Crippen molar-refractivity contribution in [3.8, 4) is 5.75 Å². The Hall–Kier alpha value is -3.17. The maximum Gasteiger partial charge on any atom is 0.249 e. The van der Waals surface area contributed by atoms with Gasteiger partial charge in [0.25, 0.3) is 0 Å².